The quantitative estimate of drug-likeness (QED) is 0.903. The zero-order valence-electron chi connectivity index (χ0n) is 13.0. The van der Waals surface area contributed by atoms with Gasteiger partial charge in [0.05, 0.1) is 6.20 Å². The van der Waals surface area contributed by atoms with E-state index in [1.54, 1.807) is 6.20 Å². The number of carbonyl (C=O) groups excluding carboxylic acids is 1. The molecule has 124 valence electrons. The largest absolute Gasteiger partial charge is 0.454 e. The van der Waals surface area contributed by atoms with E-state index in [9.17, 15) is 4.79 Å². The van der Waals surface area contributed by atoms with Gasteiger partial charge in [0.15, 0.2) is 11.5 Å². The maximum absolute atomic E-state index is 12.8. The van der Waals surface area contributed by atoms with Gasteiger partial charge >= 0.3 is 0 Å². The highest BCUT2D eigenvalue weighted by atomic mass is 32.1. The Bertz CT molecular complexity index is 806. The third-order valence-electron chi connectivity index (χ3n) is 5.04. The lowest BCUT2D eigenvalue weighted by Gasteiger charge is -2.22. The first kappa shape index (κ1) is 14.2. The minimum Gasteiger partial charge on any atom is -0.454 e. The van der Waals surface area contributed by atoms with E-state index >= 15 is 0 Å². The van der Waals surface area contributed by atoms with E-state index in [4.69, 9.17) is 9.47 Å². The Labute approximate surface area is 143 Å². The summed E-state index contributed by atoms with van der Waals surface area (Å²) in [6, 6.07) is 6.10. The summed E-state index contributed by atoms with van der Waals surface area (Å²) in [7, 11) is 0. The summed E-state index contributed by atoms with van der Waals surface area (Å²) >= 11 is 1.44. The van der Waals surface area contributed by atoms with Crippen molar-refractivity contribution >= 4 is 17.2 Å². The predicted octanol–water partition coefficient (Wildman–Crippen LogP) is 1.97. The van der Waals surface area contributed by atoms with Crippen LogP contribution in [-0.4, -0.2) is 48.3 Å². The van der Waals surface area contributed by atoms with Gasteiger partial charge in [0.25, 0.3) is 5.91 Å². The van der Waals surface area contributed by atoms with E-state index in [0.29, 0.717) is 16.8 Å². The molecule has 3 aliphatic heterocycles. The number of carbonyl (C=O) groups is 1. The van der Waals surface area contributed by atoms with Crippen LogP contribution in [0.4, 0.5) is 0 Å². The number of fused-ring (bicyclic) bond motifs is 2. The van der Waals surface area contributed by atoms with Gasteiger partial charge in [0.2, 0.25) is 6.79 Å². The molecule has 0 spiro atoms. The molecule has 0 aliphatic carbocycles. The number of amides is 1. The second-order valence-corrected chi connectivity index (χ2v) is 7.40. The Morgan fingerprint density at radius 3 is 3.17 bits per heavy atom. The topological polar surface area (TPSA) is 63.7 Å². The van der Waals surface area contributed by atoms with Crippen LogP contribution in [0, 0.1) is 5.92 Å². The second-order valence-electron chi connectivity index (χ2n) is 6.37. The lowest BCUT2D eigenvalue weighted by Crippen LogP contribution is -2.38. The van der Waals surface area contributed by atoms with E-state index < -0.39 is 0 Å². The van der Waals surface area contributed by atoms with Crippen LogP contribution in [0.5, 0.6) is 11.5 Å². The van der Waals surface area contributed by atoms with Crippen molar-refractivity contribution in [3.63, 3.8) is 0 Å². The Kier molecular flexibility index (Phi) is 3.24. The van der Waals surface area contributed by atoms with Gasteiger partial charge in [-0.1, -0.05) is 0 Å². The highest BCUT2D eigenvalue weighted by molar-refractivity contribution is 7.16. The number of nitrogens with one attached hydrogen (secondary N) is 1. The molecule has 0 bridgehead atoms. The molecule has 1 N–H and O–H groups in total. The number of nitrogens with zero attached hydrogens (tertiary/aromatic N) is 2. The summed E-state index contributed by atoms with van der Waals surface area (Å²) in [6.07, 6.45) is 2.79. The molecule has 6 nitrogen and oxygen atoms in total. The Balaban J connectivity index is 1.40. The molecule has 1 aromatic carbocycles. The fourth-order valence-electron chi connectivity index (χ4n) is 3.78. The monoisotopic (exact) mass is 343 g/mol. The summed E-state index contributed by atoms with van der Waals surface area (Å²) in [6.45, 7) is 3.04. The van der Waals surface area contributed by atoms with Crippen molar-refractivity contribution in [3.05, 3.63) is 29.3 Å². The normalized spacial score (nSPS) is 24.4. The first-order valence-electron chi connectivity index (χ1n) is 8.17. The molecule has 0 unspecified atom stereocenters. The van der Waals surface area contributed by atoms with Crippen molar-refractivity contribution in [2.45, 2.75) is 12.5 Å². The summed E-state index contributed by atoms with van der Waals surface area (Å²) in [4.78, 5) is 20.0. The summed E-state index contributed by atoms with van der Waals surface area (Å²) in [5.74, 6) is 2.20. The molecule has 2 aromatic rings. The van der Waals surface area contributed by atoms with Crippen LogP contribution >= 0.6 is 11.3 Å². The number of ether oxygens (including phenoxy) is 2. The van der Waals surface area contributed by atoms with Crippen LogP contribution in [0.2, 0.25) is 0 Å². The number of rotatable bonds is 2. The predicted molar refractivity (Wildman–Crippen MR) is 89.5 cm³/mol. The molecule has 2 fully saturated rings. The molecule has 24 heavy (non-hydrogen) atoms. The van der Waals surface area contributed by atoms with Crippen molar-refractivity contribution in [1.29, 1.82) is 0 Å². The maximum Gasteiger partial charge on any atom is 0.265 e. The third-order valence-corrected chi connectivity index (χ3v) is 6.08. The van der Waals surface area contributed by atoms with Crippen LogP contribution in [0.25, 0.3) is 10.6 Å². The van der Waals surface area contributed by atoms with Gasteiger partial charge in [-0.05, 0) is 30.5 Å². The van der Waals surface area contributed by atoms with Crippen molar-refractivity contribution in [3.8, 4) is 22.1 Å². The van der Waals surface area contributed by atoms with Crippen LogP contribution in [0.15, 0.2) is 24.4 Å². The molecule has 2 atom stereocenters. The van der Waals surface area contributed by atoms with Crippen molar-refractivity contribution in [1.82, 2.24) is 15.2 Å². The van der Waals surface area contributed by atoms with Gasteiger partial charge in [0.1, 0.15) is 9.88 Å². The minimum absolute atomic E-state index is 0.107. The van der Waals surface area contributed by atoms with Gasteiger partial charge in [-0.15, -0.1) is 11.3 Å². The van der Waals surface area contributed by atoms with Gasteiger partial charge < -0.3 is 19.7 Å². The van der Waals surface area contributed by atoms with Gasteiger partial charge in [-0.3, -0.25) is 4.79 Å². The zero-order chi connectivity index (χ0) is 16.1. The van der Waals surface area contributed by atoms with Crippen LogP contribution < -0.4 is 14.8 Å². The van der Waals surface area contributed by atoms with E-state index in [-0.39, 0.29) is 12.7 Å². The number of benzene rings is 1. The first-order valence-corrected chi connectivity index (χ1v) is 8.99. The number of hydrogen-bond donors (Lipinski definition) is 1. The standard InChI is InChI=1S/C17H17N3O3S/c21-17(20-4-3-11-6-18-7-12(11)20)15-8-19-16(24-15)10-1-2-13-14(5-10)23-9-22-13/h1-2,5,8,11-12,18H,3-4,6-7,9H2/t11-,12+/m1/s1. The number of thiazole rings is 1. The lowest BCUT2D eigenvalue weighted by molar-refractivity contribution is 0.0741. The molecule has 2 saturated heterocycles. The van der Waals surface area contributed by atoms with Crippen molar-refractivity contribution in [2.75, 3.05) is 26.4 Å². The van der Waals surface area contributed by atoms with E-state index in [0.717, 1.165) is 48.1 Å². The smallest absolute Gasteiger partial charge is 0.265 e. The molecule has 1 amide bonds. The molecule has 7 heteroatoms. The molecule has 0 saturated carbocycles. The number of aromatic nitrogens is 1. The van der Waals surface area contributed by atoms with Crippen LogP contribution in [-0.2, 0) is 0 Å². The Hall–Kier alpha value is -2.12. The van der Waals surface area contributed by atoms with Gasteiger partial charge in [0, 0.05) is 31.2 Å². The number of likely N-dealkylation sites (tertiary alicyclic amines) is 1. The van der Waals surface area contributed by atoms with Crippen molar-refractivity contribution in [2.24, 2.45) is 5.92 Å². The molecule has 5 rings (SSSR count). The fraction of sp³-hybridized carbons (Fsp3) is 0.412. The molecule has 4 heterocycles. The van der Waals surface area contributed by atoms with Crippen LogP contribution in [0.3, 0.4) is 0 Å². The molecular weight excluding hydrogens is 326 g/mol. The number of hydrogen-bond acceptors (Lipinski definition) is 6. The average molecular weight is 343 g/mol. The average Bonchev–Trinajstić information content (AvgIpc) is 3.36. The first-order chi connectivity index (χ1) is 11.8. The zero-order valence-corrected chi connectivity index (χ0v) is 13.8. The molecule has 0 radical (unpaired) electrons. The lowest BCUT2D eigenvalue weighted by atomic mass is 10.1. The van der Waals surface area contributed by atoms with E-state index in [1.165, 1.54) is 11.3 Å². The molecular formula is C17H17N3O3S. The molecule has 1 aromatic heterocycles. The Morgan fingerprint density at radius 1 is 1.29 bits per heavy atom. The fourth-order valence-corrected chi connectivity index (χ4v) is 4.65. The van der Waals surface area contributed by atoms with E-state index in [1.807, 2.05) is 23.1 Å². The minimum atomic E-state index is 0.107. The maximum atomic E-state index is 12.8. The van der Waals surface area contributed by atoms with Crippen LogP contribution in [0.1, 0.15) is 16.1 Å². The highest BCUT2D eigenvalue weighted by Crippen LogP contribution is 2.37. The summed E-state index contributed by atoms with van der Waals surface area (Å²) in [5.41, 5.74) is 0.949. The third kappa shape index (κ3) is 2.19. The summed E-state index contributed by atoms with van der Waals surface area (Å²) in [5, 5.41) is 4.21. The SMILES string of the molecule is O=C(c1cnc(-c2ccc3c(c2)OCO3)s1)N1CC[C@@H]2CNC[C@@H]21. The van der Waals surface area contributed by atoms with Gasteiger partial charge in [-0.2, -0.15) is 0 Å². The summed E-state index contributed by atoms with van der Waals surface area (Å²) < 4.78 is 10.8. The van der Waals surface area contributed by atoms with Crippen molar-refractivity contribution < 1.29 is 14.3 Å². The second kappa shape index (κ2) is 5.46. The van der Waals surface area contributed by atoms with Gasteiger partial charge in [-0.25, -0.2) is 4.98 Å². The highest BCUT2D eigenvalue weighted by Gasteiger charge is 2.40. The molecule has 3 aliphatic rings. The Morgan fingerprint density at radius 2 is 2.21 bits per heavy atom. The van der Waals surface area contributed by atoms with E-state index in [2.05, 4.69) is 10.3 Å².